The minimum absolute atomic E-state index is 0.148. The van der Waals surface area contributed by atoms with Crippen molar-refractivity contribution >= 4 is 23.4 Å². The summed E-state index contributed by atoms with van der Waals surface area (Å²) in [5, 5.41) is 2.89. The van der Waals surface area contributed by atoms with Gasteiger partial charge in [0.05, 0.1) is 11.3 Å². The maximum atomic E-state index is 12.2. The van der Waals surface area contributed by atoms with Crippen molar-refractivity contribution in [1.29, 1.82) is 0 Å². The van der Waals surface area contributed by atoms with Crippen LogP contribution >= 0.6 is 11.8 Å². The van der Waals surface area contributed by atoms with Gasteiger partial charge in [0.2, 0.25) is 0 Å². The van der Waals surface area contributed by atoms with E-state index in [4.69, 9.17) is 4.74 Å². The maximum absolute atomic E-state index is 12.2. The van der Waals surface area contributed by atoms with Crippen molar-refractivity contribution in [2.45, 2.75) is 4.90 Å². The molecule has 0 saturated heterocycles. The lowest BCUT2D eigenvalue weighted by Gasteiger charge is -2.09. The Morgan fingerprint density at radius 3 is 2.90 bits per heavy atom. The highest BCUT2D eigenvalue weighted by molar-refractivity contribution is 7.99. The molecule has 0 bridgehead atoms. The van der Waals surface area contributed by atoms with E-state index < -0.39 is 0 Å². The second kappa shape index (κ2) is 5.43. The number of carbonyl (C=O) groups is 1. The number of fused-ring (bicyclic) bond motifs is 2. The Bertz CT molecular complexity index is 682. The maximum Gasteiger partial charge on any atom is 0.259 e. The molecule has 0 unspecified atom stereocenters. The van der Waals surface area contributed by atoms with Gasteiger partial charge in [0.15, 0.2) is 5.75 Å². The number of hydrogen-bond donors (Lipinski definition) is 1. The van der Waals surface area contributed by atoms with E-state index in [-0.39, 0.29) is 5.91 Å². The Balaban J connectivity index is 1.98. The SMILES string of the molecule is C=CCSc1ccc2c(c1)NC(=O)c1ccccc1O2. The van der Waals surface area contributed by atoms with Gasteiger partial charge in [0, 0.05) is 10.6 Å². The number of anilines is 1. The molecule has 0 aliphatic carbocycles. The van der Waals surface area contributed by atoms with Gasteiger partial charge in [-0.15, -0.1) is 18.3 Å². The topological polar surface area (TPSA) is 38.3 Å². The molecular weight excluding hydrogens is 270 g/mol. The number of rotatable bonds is 3. The van der Waals surface area contributed by atoms with E-state index in [2.05, 4.69) is 11.9 Å². The summed E-state index contributed by atoms with van der Waals surface area (Å²) in [5.41, 5.74) is 1.24. The molecule has 1 aliphatic rings. The first-order valence-corrected chi connectivity index (χ1v) is 7.22. The second-order valence-corrected chi connectivity index (χ2v) is 5.40. The number of carbonyl (C=O) groups excluding carboxylic acids is 1. The van der Waals surface area contributed by atoms with Crippen LogP contribution in [-0.2, 0) is 0 Å². The number of benzene rings is 2. The predicted molar refractivity (Wildman–Crippen MR) is 81.8 cm³/mol. The minimum atomic E-state index is -0.148. The van der Waals surface area contributed by atoms with E-state index in [0.29, 0.717) is 22.7 Å². The Morgan fingerprint density at radius 2 is 2.05 bits per heavy atom. The molecule has 1 amide bonds. The number of ether oxygens (including phenoxy) is 1. The van der Waals surface area contributed by atoms with Gasteiger partial charge in [-0.25, -0.2) is 0 Å². The molecule has 4 heteroatoms. The summed E-state index contributed by atoms with van der Waals surface area (Å²) in [5.74, 6) is 1.92. The van der Waals surface area contributed by atoms with Crippen LogP contribution in [0.5, 0.6) is 11.5 Å². The molecule has 1 N–H and O–H groups in total. The van der Waals surface area contributed by atoms with E-state index in [1.54, 1.807) is 23.9 Å². The molecule has 20 heavy (non-hydrogen) atoms. The van der Waals surface area contributed by atoms with Crippen LogP contribution in [0.25, 0.3) is 0 Å². The van der Waals surface area contributed by atoms with Crippen LogP contribution in [0.4, 0.5) is 5.69 Å². The fraction of sp³-hybridized carbons (Fsp3) is 0.0625. The molecule has 0 aromatic heterocycles. The van der Waals surface area contributed by atoms with Gasteiger partial charge in [-0.2, -0.15) is 0 Å². The smallest absolute Gasteiger partial charge is 0.259 e. The van der Waals surface area contributed by atoms with Crippen LogP contribution in [0.15, 0.2) is 60.0 Å². The molecule has 1 heterocycles. The highest BCUT2D eigenvalue weighted by atomic mass is 32.2. The lowest BCUT2D eigenvalue weighted by Crippen LogP contribution is -2.10. The highest BCUT2D eigenvalue weighted by Crippen LogP contribution is 2.37. The fourth-order valence-corrected chi connectivity index (χ4v) is 2.67. The Labute approximate surface area is 121 Å². The first kappa shape index (κ1) is 12.8. The molecule has 2 aromatic carbocycles. The van der Waals surface area contributed by atoms with Crippen LogP contribution in [0.3, 0.4) is 0 Å². The Morgan fingerprint density at radius 1 is 1.20 bits per heavy atom. The first-order chi connectivity index (χ1) is 9.78. The quantitative estimate of drug-likeness (QED) is 0.673. The molecule has 0 radical (unpaired) electrons. The largest absolute Gasteiger partial charge is 0.454 e. The molecule has 100 valence electrons. The molecule has 0 saturated carbocycles. The summed E-state index contributed by atoms with van der Waals surface area (Å²) < 4.78 is 5.82. The van der Waals surface area contributed by atoms with E-state index in [9.17, 15) is 4.79 Å². The molecule has 1 aliphatic heterocycles. The van der Waals surface area contributed by atoms with Gasteiger partial charge in [0.1, 0.15) is 5.75 Å². The van der Waals surface area contributed by atoms with Crippen molar-refractivity contribution in [2.75, 3.05) is 11.1 Å². The number of nitrogens with one attached hydrogen (secondary N) is 1. The van der Waals surface area contributed by atoms with Crippen LogP contribution in [0.2, 0.25) is 0 Å². The second-order valence-electron chi connectivity index (χ2n) is 4.31. The third-order valence-corrected chi connectivity index (χ3v) is 3.91. The molecule has 3 rings (SSSR count). The van der Waals surface area contributed by atoms with Gasteiger partial charge in [-0.05, 0) is 30.3 Å². The summed E-state index contributed by atoms with van der Waals surface area (Å²) in [6.45, 7) is 3.70. The minimum Gasteiger partial charge on any atom is -0.454 e. The third kappa shape index (κ3) is 2.42. The van der Waals surface area contributed by atoms with Crippen LogP contribution < -0.4 is 10.1 Å². The highest BCUT2D eigenvalue weighted by Gasteiger charge is 2.20. The van der Waals surface area contributed by atoms with Gasteiger partial charge >= 0.3 is 0 Å². The molecular formula is C16H13NO2S. The number of amides is 1. The zero-order chi connectivity index (χ0) is 13.9. The van der Waals surface area contributed by atoms with Crippen molar-refractivity contribution in [3.8, 4) is 11.5 Å². The average molecular weight is 283 g/mol. The Kier molecular flexibility index (Phi) is 3.48. The summed E-state index contributed by atoms with van der Waals surface area (Å²) in [4.78, 5) is 13.2. The summed E-state index contributed by atoms with van der Waals surface area (Å²) in [7, 11) is 0. The summed E-state index contributed by atoms with van der Waals surface area (Å²) in [6, 6.07) is 13.0. The molecule has 0 atom stereocenters. The first-order valence-electron chi connectivity index (χ1n) is 6.24. The van der Waals surface area contributed by atoms with Crippen molar-refractivity contribution in [2.24, 2.45) is 0 Å². The monoisotopic (exact) mass is 283 g/mol. The fourth-order valence-electron chi connectivity index (χ4n) is 1.99. The van der Waals surface area contributed by atoms with E-state index in [1.807, 2.05) is 36.4 Å². The van der Waals surface area contributed by atoms with Crippen LogP contribution in [0, 0.1) is 0 Å². The normalized spacial score (nSPS) is 12.5. The van der Waals surface area contributed by atoms with Crippen LogP contribution in [-0.4, -0.2) is 11.7 Å². The summed E-state index contributed by atoms with van der Waals surface area (Å²) in [6.07, 6.45) is 1.85. The number of thioether (sulfide) groups is 1. The molecule has 0 spiro atoms. The zero-order valence-electron chi connectivity index (χ0n) is 10.8. The Hall–Kier alpha value is -2.20. The standard InChI is InChI=1S/C16H13NO2S/c1-2-9-20-11-7-8-15-13(10-11)17-16(18)12-5-3-4-6-14(12)19-15/h2-8,10H,1,9H2,(H,17,18). The van der Waals surface area contributed by atoms with E-state index in [1.165, 1.54) is 0 Å². The predicted octanol–water partition coefficient (Wildman–Crippen LogP) is 4.32. The van der Waals surface area contributed by atoms with E-state index in [0.717, 1.165) is 10.6 Å². The lowest BCUT2D eigenvalue weighted by molar-refractivity contribution is 0.102. The van der Waals surface area contributed by atoms with Gasteiger partial charge in [-0.1, -0.05) is 18.2 Å². The lowest BCUT2D eigenvalue weighted by atomic mass is 10.2. The van der Waals surface area contributed by atoms with Crippen molar-refractivity contribution < 1.29 is 9.53 Å². The van der Waals surface area contributed by atoms with Crippen molar-refractivity contribution in [1.82, 2.24) is 0 Å². The summed E-state index contributed by atoms with van der Waals surface area (Å²) >= 11 is 1.66. The van der Waals surface area contributed by atoms with Gasteiger partial charge in [0.25, 0.3) is 5.91 Å². The zero-order valence-corrected chi connectivity index (χ0v) is 11.6. The molecule has 0 fully saturated rings. The number of para-hydroxylation sites is 1. The average Bonchev–Trinajstić information content (AvgIpc) is 2.61. The van der Waals surface area contributed by atoms with E-state index >= 15 is 0 Å². The van der Waals surface area contributed by atoms with Gasteiger partial charge in [-0.3, -0.25) is 4.79 Å². The van der Waals surface area contributed by atoms with Crippen molar-refractivity contribution in [3.05, 3.63) is 60.7 Å². The molecule has 2 aromatic rings. The third-order valence-electron chi connectivity index (χ3n) is 2.92. The molecule has 3 nitrogen and oxygen atoms in total. The number of hydrogen-bond acceptors (Lipinski definition) is 3. The van der Waals surface area contributed by atoms with Crippen LogP contribution in [0.1, 0.15) is 10.4 Å². The van der Waals surface area contributed by atoms with Gasteiger partial charge < -0.3 is 10.1 Å². The van der Waals surface area contributed by atoms with Crippen molar-refractivity contribution in [3.63, 3.8) is 0 Å².